The van der Waals surface area contributed by atoms with Gasteiger partial charge < -0.3 is 20.5 Å². The van der Waals surface area contributed by atoms with Gasteiger partial charge in [-0.3, -0.25) is 15.2 Å². The van der Waals surface area contributed by atoms with E-state index in [9.17, 15) is 25.6 Å². The van der Waals surface area contributed by atoms with Gasteiger partial charge in [0.05, 0.1) is 5.69 Å². The molecular formula is C16H25N3O5-2. The first-order chi connectivity index (χ1) is 11.3. The van der Waals surface area contributed by atoms with Crippen molar-refractivity contribution in [2.45, 2.75) is 46.5 Å². The molecule has 0 aliphatic carbocycles. The molecule has 1 aromatic rings. The van der Waals surface area contributed by atoms with Gasteiger partial charge in [-0.25, -0.2) is 0 Å². The Labute approximate surface area is 142 Å². The Kier molecular flexibility index (Phi) is 7.93. The molecule has 0 bridgehead atoms. The minimum absolute atomic E-state index is 0.0719. The second-order valence-electron chi connectivity index (χ2n) is 5.69. The van der Waals surface area contributed by atoms with E-state index < -0.39 is 5.23 Å². The molecule has 0 aliphatic rings. The summed E-state index contributed by atoms with van der Waals surface area (Å²) >= 11 is 0. The van der Waals surface area contributed by atoms with Crippen LogP contribution in [0.25, 0.3) is 0 Å². The Morgan fingerprint density at radius 3 is 1.96 bits per heavy atom. The molecule has 0 heterocycles. The van der Waals surface area contributed by atoms with E-state index >= 15 is 0 Å². The number of anilines is 2. The van der Waals surface area contributed by atoms with Gasteiger partial charge in [0.25, 0.3) is 5.91 Å². The highest BCUT2D eigenvalue weighted by Crippen LogP contribution is 2.30. The lowest BCUT2D eigenvalue weighted by molar-refractivity contribution is 0.0288. The van der Waals surface area contributed by atoms with Gasteiger partial charge >= 0.3 is 0 Å². The van der Waals surface area contributed by atoms with Gasteiger partial charge in [0, 0.05) is 24.3 Å². The molecule has 0 saturated heterocycles. The van der Waals surface area contributed by atoms with Gasteiger partial charge in [0.15, 0.2) is 0 Å². The molecule has 24 heavy (non-hydrogen) atoms. The van der Waals surface area contributed by atoms with Crippen molar-refractivity contribution in [1.82, 2.24) is 4.90 Å². The van der Waals surface area contributed by atoms with Crippen LogP contribution >= 0.6 is 0 Å². The van der Waals surface area contributed by atoms with E-state index in [1.54, 1.807) is 4.90 Å². The Morgan fingerprint density at radius 1 is 1.04 bits per heavy atom. The maximum atomic E-state index is 12.7. The quantitative estimate of drug-likeness (QED) is 0.662. The van der Waals surface area contributed by atoms with Crippen LogP contribution in [0.4, 0.5) is 11.4 Å². The third-order valence-electron chi connectivity index (χ3n) is 3.86. The van der Waals surface area contributed by atoms with Gasteiger partial charge in [-0.2, -0.15) is 0 Å². The first kappa shape index (κ1) is 20.2. The minimum Gasteiger partial charge on any atom is -0.769 e. The SMILES string of the molecule is CCCCN(CCCC)C(=O)c1cc(N([O-])[O-])c(C)c(N(O)O)c1. The van der Waals surface area contributed by atoms with E-state index in [0.717, 1.165) is 25.7 Å². The van der Waals surface area contributed by atoms with Crippen LogP contribution in [0.2, 0.25) is 0 Å². The summed E-state index contributed by atoms with van der Waals surface area (Å²) in [5.74, 6) is -0.344. The molecule has 0 radical (unpaired) electrons. The van der Waals surface area contributed by atoms with Crippen LogP contribution in [-0.2, 0) is 0 Å². The van der Waals surface area contributed by atoms with Crippen LogP contribution in [0.15, 0.2) is 12.1 Å². The monoisotopic (exact) mass is 339 g/mol. The van der Waals surface area contributed by atoms with E-state index in [-0.39, 0.29) is 33.6 Å². The van der Waals surface area contributed by atoms with Crippen molar-refractivity contribution in [3.8, 4) is 0 Å². The predicted octanol–water partition coefficient (Wildman–Crippen LogP) is 3.42. The van der Waals surface area contributed by atoms with Gasteiger partial charge in [-0.15, -0.1) is 5.23 Å². The van der Waals surface area contributed by atoms with Crippen LogP contribution in [0.3, 0.4) is 0 Å². The normalized spacial score (nSPS) is 10.6. The average molecular weight is 339 g/mol. The standard InChI is InChI=1S/C16H25N3O5/c1-4-6-8-17(9-7-5-2)16(20)13-10-14(18(21)22)12(3)15(11-13)19(23)24/h10-11,21-22H,4-9H2,1-3H3/q-2. The summed E-state index contributed by atoms with van der Waals surface area (Å²) in [6, 6.07) is 2.45. The van der Waals surface area contributed by atoms with Crippen molar-refractivity contribution in [2.75, 3.05) is 23.5 Å². The third-order valence-corrected chi connectivity index (χ3v) is 3.86. The van der Waals surface area contributed by atoms with Crippen molar-refractivity contribution >= 4 is 17.3 Å². The number of hydrogen-bond acceptors (Lipinski definition) is 7. The molecule has 8 heteroatoms. The average Bonchev–Trinajstić information content (AvgIpc) is 2.54. The van der Waals surface area contributed by atoms with Crippen LogP contribution in [0, 0.1) is 17.3 Å². The van der Waals surface area contributed by atoms with Crippen molar-refractivity contribution in [1.29, 1.82) is 0 Å². The lowest BCUT2D eigenvalue weighted by Crippen LogP contribution is -2.33. The molecule has 2 N–H and O–H groups in total. The fourth-order valence-corrected chi connectivity index (χ4v) is 2.40. The topological polar surface area (TPSA) is 113 Å². The molecule has 8 nitrogen and oxygen atoms in total. The summed E-state index contributed by atoms with van der Waals surface area (Å²) in [7, 11) is 0. The van der Waals surface area contributed by atoms with Gasteiger partial charge in [0.1, 0.15) is 0 Å². The summed E-state index contributed by atoms with van der Waals surface area (Å²) in [6.45, 7) is 6.56. The fourth-order valence-electron chi connectivity index (χ4n) is 2.40. The number of nitrogens with zero attached hydrogens (tertiary/aromatic N) is 3. The van der Waals surface area contributed by atoms with E-state index in [4.69, 9.17) is 0 Å². The van der Waals surface area contributed by atoms with Gasteiger partial charge in [-0.05, 0) is 37.5 Å². The molecule has 1 aromatic carbocycles. The predicted molar refractivity (Wildman–Crippen MR) is 92.2 cm³/mol. The molecule has 1 amide bonds. The van der Waals surface area contributed by atoms with Crippen LogP contribution < -0.4 is 10.5 Å². The Balaban J connectivity index is 3.22. The number of benzene rings is 1. The molecule has 0 unspecified atom stereocenters. The first-order valence-corrected chi connectivity index (χ1v) is 8.09. The second kappa shape index (κ2) is 9.43. The highest BCUT2D eigenvalue weighted by molar-refractivity contribution is 5.97. The fraction of sp³-hybridized carbons (Fsp3) is 0.562. The Hall–Kier alpha value is -1.87. The molecule has 0 atom stereocenters. The minimum atomic E-state index is -0.637. The highest BCUT2D eigenvalue weighted by atomic mass is 16.8. The summed E-state index contributed by atoms with van der Waals surface area (Å²) in [5.41, 5.74) is -0.355. The molecule has 0 aromatic heterocycles. The number of unbranched alkanes of at least 4 members (excludes halogenated alkanes) is 2. The third kappa shape index (κ3) is 5.07. The summed E-state index contributed by atoms with van der Waals surface area (Å²) in [4.78, 5) is 14.4. The van der Waals surface area contributed by atoms with Crippen molar-refractivity contribution in [3.05, 3.63) is 33.7 Å². The zero-order valence-corrected chi connectivity index (χ0v) is 14.4. The van der Waals surface area contributed by atoms with Crippen LogP contribution in [0.1, 0.15) is 55.5 Å². The zero-order chi connectivity index (χ0) is 18.3. The largest absolute Gasteiger partial charge is 0.769 e. The number of carbonyl (C=O) groups is 1. The molecule has 0 fully saturated rings. The second-order valence-corrected chi connectivity index (χ2v) is 5.69. The van der Waals surface area contributed by atoms with E-state index in [0.29, 0.717) is 13.1 Å². The smallest absolute Gasteiger partial charge is 0.254 e. The van der Waals surface area contributed by atoms with Crippen molar-refractivity contribution in [3.63, 3.8) is 0 Å². The summed E-state index contributed by atoms with van der Waals surface area (Å²) in [6.07, 6.45) is 3.53. The van der Waals surface area contributed by atoms with E-state index in [2.05, 4.69) is 0 Å². The number of hydrogen-bond donors (Lipinski definition) is 2. The lowest BCUT2D eigenvalue weighted by atomic mass is 10.1. The van der Waals surface area contributed by atoms with Gasteiger partial charge in [-0.1, -0.05) is 26.7 Å². The number of rotatable bonds is 9. The van der Waals surface area contributed by atoms with Crippen LogP contribution in [0.5, 0.6) is 0 Å². The molecule has 1 rings (SSSR count). The van der Waals surface area contributed by atoms with Crippen molar-refractivity contribution < 1.29 is 15.2 Å². The highest BCUT2D eigenvalue weighted by Gasteiger charge is 2.19. The summed E-state index contributed by atoms with van der Waals surface area (Å²) < 4.78 is 0. The van der Waals surface area contributed by atoms with E-state index in [1.807, 2.05) is 13.8 Å². The number of carbonyl (C=O) groups excluding carboxylic acids is 1. The summed E-state index contributed by atoms with van der Waals surface area (Å²) in [5, 5.41) is 40.1. The molecule has 0 aliphatic heterocycles. The molecule has 0 spiro atoms. The Morgan fingerprint density at radius 2 is 1.54 bits per heavy atom. The maximum absolute atomic E-state index is 12.7. The lowest BCUT2D eigenvalue weighted by Gasteiger charge is -2.39. The maximum Gasteiger partial charge on any atom is 0.254 e. The van der Waals surface area contributed by atoms with Crippen LogP contribution in [-0.4, -0.2) is 34.3 Å². The van der Waals surface area contributed by atoms with Crippen molar-refractivity contribution in [2.24, 2.45) is 0 Å². The zero-order valence-electron chi connectivity index (χ0n) is 14.4. The Bertz CT molecular complexity index is 512. The molecule has 0 saturated carbocycles. The number of amides is 1. The molecular weight excluding hydrogens is 314 g/mol. The van der Waals surface area contributed by atoms with Gasteiger partial charge in [0.2, 0.25) is 0 Å². The van der Waals surface area contributed by atoms with E-state index in [1.165, 1.54) is 19.1 Å². The first-order valence-electron chi connectivity index (χ1n) is 8.09. The molecule has 136 valence electrons.